The Morgan fingerprint density at radius 2 is 2.05 bits per heavy atom. The molecule has 3 rings (SSSR count). The molecule has 1 amide bonds. The van der Waals surface area contributed by atoms with Crippen LogP contribution in [-0.2, 0) is 17.6 Å². The molecule has 1 aromatic rings. The molecule has 0 heterocycles. The molecule has 2 aliphatic rings. The van der Waals surface area contributed by atoms with Gasteiger partial charge in [-0.25, -0.2) is 0 Å². The van der Waals surface area contributed by atoms with E-state index in [1.165, 1.54) is 35.1 Å². The van der Waals surface area contributed by atoms with Crippen LogP contribution in [0.5, 0.6) is 0 Å². The predicted octanol–water partition coefficient (Wildman–Crippen LogP) is 4.73. The largest absolute Gasteiger partial charge is 0.326 e. The van der Waals surface area contributed by atoms with Gasteiger partial charge in [-0.3, -0.25) is 4.79 Å². The Bertz CT molecular complexity index is 664. The molecule has 0 saturated carbocycles. The fourth-order valence-electron chi connectivity index (χ4n) is 3.18. The van der Waals surface area contributed by atoms with E-state index in [1.807, 2.05) is 12.1 Å². The highest BCUT2D eigenvalue weighted by molar-refractivity contribution is 5.92. The summed E-state index contributed by atoms with van der Waals surface area (Å²) in [6, 6.07) is 6.32. The summed E-state index contributed by atoms with van der Waals surface area (Å²) >= 11 is 0. The Kier molecular flexibility index (Phi) is 4.57. The van der Waals surface area contributed by atoms with Crippen LogP contribution in [0.2, 0.25) is 0 Å². The van der Waals surface area contributed by atoms with Crippen LogP contribution in [0.15, 0.2) is 53.6 Å². The normalized spacial score (nSPS) is 19.5. The second-order valence-corrected chi connectivity index (χ2v) is 6.23. The number of carbonyl (C=O) groups is 1. The number of carbonyl (C=O) groups excluding carboxylic acids is 1. The van der Waals surface area contributed by atoms with Gasteiger partial charge in [-0.1, -0.05) is 41.5 Å². The lowest BCUT2D eigenvalue weighted by atomic mass is 10.0. The summed E-state index contributed by atoms with van der Waals surface area (Å²) in [6.45, 7) is 2.11. The second-order valence-electron chi connectivity index (χ2n) is 6.23. The van der Waals surface area contributed by atoms with Gasteiger partial charge in [0.1, 0.15) is 0 Å². The van der Waals surface area contributed by atoms with Crippen molar-refractivity contribution in [1.82, 2.24) is 0 Å². The van der Waals surface area contributed by atoms with Crippen LogP contribution >= 0.6 is 0 Å². The zero-order valence-corrected chi connectivity index (χ0v) is 13.2. The molecule has 0 spiro atoms. The van der Waals surface area contributed by atoms with Crippen molar-refractivity contribution >= 4 is 11.6 Å². The van der Waals surface area contributed by atoms with E-state index in [2.05, 4.69) is 42.6 Å². The lowest BCUT2D eigenvalue weighted by Gasteiger charge is -2.10. The third kappa shape index (κ3) is 3.76. The maximum absolute atomic E-state index is 12.3. The van der Waals surface area contributed by atoms with Crippen molar-refractivity contribution in [2.45, 2.75) is 45.4 Å². The summed E-state index contributed by atoms with van der Waals surface area (Å²) in [6.07, 6.45) is 14.4. The highest BCUT2D eigenvalue weighted by Crippen LogP contribution is 2.25. The van der Waals surface area contributed by atoms with Gasteiger partial charge in [0.15, 0.2) is 0 Å². The number of aryl methyl sites for hydroxylation is 2. The number of benzene rings is 1. The molecule has 2 aliphatic carbocycles. The molecular weight excluding hydrogens is 270 g/mol. The molecule has 0 saturated heterocycles. The SMILES string of the molecule is CC1=CCC/C(CC(=O)Nc2ccc3c(c2)CCC3)=C\C=C1. The van der Waals surface area contributed by atoms with Crippen molar-refractivity contribution in [1.29, 1.82) is 0 Å². The van der Waals surface area contributed by atoms with Crippen LogP contribution < -0.4 is 5.32 Å². The Morgan fingerprint density at radius 3 is 2.95 bits per heavy atom. The summed E-state index contributed by atoms with van der Waals surface area (Å²) in [5.41, 5.74) is 6.25. The van der Waals surface area contributed by atoms with Gasteiger partial charge in [0.2, 0.25) is 5.91 Å². The van der Waals surface area contributed by atoms with Gasteiger partial charge >= 0.3 is 0 Å². The molecule has 22 heavy (non-hydrogen) atoms. The van der Waals surface area contributed by atoms with E-state index in [0.717, 1.165) is 24.9 Å². The van der Waals surface area contributed by atoms with E-state index in [4.69, 9.17) is 0 Å². The van der Waals surface area contributed by atoms with Crippen LogP contribution in [-0.4, -0.2) is 5.91 Å². The molecular formula is C20H23NO. The van der Waals surface area contributed by atoms with Gasteiger partial charge in [-0.2, -0.15) is 0 Å². The maximum Gasteiger partial charge on any atom is 0.228 e. The lowest BCUT2D eigenvalue weighted by molar-refractivity contribution is -0.115. The van der Waals surface area contributed by atoms with E-state index in [-0.39, 0.29) is 5.91 Å². The fraction of sp³-hybridized carbons (Fsp3) is 0.350. The van der Waals surface area contributed by atoms with Crippen LogP contribution in [0.1, 0.15) is 43.7 Å². The van der Waals surface area contributed by atoms with Crippen molar-refractivity contribution in [2.24, 2.45) is 0 Å². The number of anilines is 1. The third-order valence-corrected chi connectivity index (χ3v) is 4.39. The highest BCUT2D eigenvalue weighted by atomic mass is 16.1. The molecule has 0 radical (unpaired) electrons. The quantitative estimate of drug-likeness (QED) is 0.858. The van der Waals surface area contributed by atoms with Gasteiger partial charge in [-0.05, 0) is 62.3 Å². The summed E-state index contributed by atoms with van der Waals surface area (Å²) in [7, 11) is 0. The number of amides is 1. The van der Waals surface area contributed by atoms with Crippen LogP contribution in [0.25, 0.3) is 0 Å². The van der Waals surface area contributed by atoms with E-state index < -0.39 is 0 Å². The topological polar surface area (TPSA) is 29.1 Å². The highest BCUT2D eigenvalue weighted by Gasteiger charge is 2.12. The van der Waals surface area contributed by atoms with E-state index >= 15 is 0 Å². The average molecular weight is 293 g/mol. The molecule has 0 bridgehead atoms. The van der Waals surface area contributed by atoms with E-state index in [1.54, 1.807) is 0 Å². The zero-order chi connectivity index (χ0) is 15.4. The Balaban J connectivity index is 1.61. The predicted molar refractivity (Wildman–Crippen MR) is 91.9 cm³/mol. The number of nitrogens with one attached hydrogen (secondary N) is 1. The molecule has 0 unspecified atom stereocenters. The molecule has 1 aromatic carbocycles. The fourth-order valence-corrected chi connectivity index (χ4v) is 3.18. The molecule has 0 atom stereocenters. The monoisotopic (exact) mass is 293 g/mol. The number of hydrogen-bond acceptors (Lipinski definition) is 1. The van der Waals surface area contributed by atoms with Crippen molar-refractivity contribution < 1.29 is 4.79 Å². The number of fused-ring (bicyclic) bond motifs is 1. The van der Waals surface area contributed by atoms with Crippen molar-refractivity contribution in [3.63, 3.8) is 0 Å². The molecule has 2 heteroatoms. The molecule has 1 N–H and O–H groups in total. The Hall–Kier alpha value is -2.09. The van der Waals surface area contributed by atoms with Crippen LogP contribution in [0.3, 0.4) is 0 Å². The van der Waals surface area contributed by atoms with E-state index in [9.17, 15) is 4.79 Å². The smallest absolute Gasteiger partial charge is 0.228 e. The lowest BCUT2D eigenvalue weighted by Crippen LogP contribution is -2.12. The number of rotatable bonds is 3. The van der Waals surface area contributed by atoms with Gasteiger partial charge in [0.25, 0.3) is 0 Å². The van der Waals surface area contributed by atoms with Crippen molar-refractivity contribution in [2.75, 3.05) is 5.32 Å². The maximum atomic E-state index is 12.3. The minimum absolute atomic E-state index is 0.0823. The molecule has 2 nitrogen and oxygen atoms in total. The number of hydrogen-bond donors (Lipinski definition) is 1. The molecule has 114 valence electrons. The molecule has 0 fully saturated rings. The Labute approximate surface area is 132 Å². The summed E-state index contributed by atoms with van der Waals surface area (Å²) in [5, 5.41) is 3.04. The van der Waals surface area contributed by atoms with Gasteiger partial charge in [0, 0.05) is 12.1 Å². The summed E-state index contributed by atoms with van der Waals surface area (Å²) in [4.78, 5) is 12.3. The van der Waals surface area contributed by atoms with Crippen molar-refractivity contribution in [3.8, 4) is 0 Å². The average Bonchev–Trinajstić information content (AvgIpc) is 2.92. The first-order valence-electron chi connectivity index (χ1n) is 8.15. The van der Waals surface area contributed by atoms with Gasteiger partial charge in [0.05, 0.1) is 0 Å². The molecule has 0 aromatic heterocycles. The first kappa shape index (κ1) is 14.8. The Morgan fingerprint density at radius 1 is 1.18 bits per heavy atom. The standard InChI is InChI=1S/C20H23NO/c1-15-5-2-7-16(8-3-6-15)13-20(22)21-19-12-11-17-9-4-10-18(17)14-19/h2,5-7,11-12,14H,3-4,8-10,13H2,1H3,(H,21,22)/b5-2?,15-6?,16-7+. The van der Waals surface area contributed by atoms with Gasteiger partial charge < -0.3 is 5.32 Å². The van der Waals surface area contributed by atoms with Gasteiger partial charge in [-0.15, -0.1) is 0 Å². The molecule has 0 aliphatic heterocycles. The number of allylic oxidation sites excluding steroid dienone is 5. The second kappa shape index (κ2) is 6.78. The minimum atomic E-state index is 0.0823. The zero-order valence-electron chi connectivity index (χ0n) is 13.2. The van der Waals surface area contributed by atoms with E-state index in [0.29, 0.717) is 6.42 Å². The first-order valence-corrected chi connectivity index (χ1v) is 8.15. The first-order chi connectivity index (χ1) is 10.7. The van der Waals surface area contributed by atoms with Crippen molar-refractivity contribution in [3.05, 3.63) is 64.8 Å². The van der Waals surface area contributed by atoms with Crippen LogP contribution in [0, 0.1) is 0 Å². The third-order valence-electron chi connectivity index (χ3n) is 4.39. The summed E-state index contributed by atoms with van der Waals surface area (Å²) < 4.78 is 0. The summed E-state index contributed by atoms with van der Waals surface area (Å²) in [5.74, 6) is 0.0823. The van der Waals surface area contributed by atoms with Crippen LogP contribution in [0.4, 0.5) is 5.69 Å². The minimum Gasteiger partial charge on any atom is -0.326 e.